The zero-order chi connectivity index (χ0) is 16.4. The summed E-state index contributed by atoms with van der Waals surface area (Å²) in [5, 5.41) is 7.70. The Balaban J connectivity index is 1.39. The molecule has 4 nitrogen and oxygen atoms in total. The largest absolute Gasteiger partial charge is 0.378 e. The lowest BCUT2D eigenvalue weighted by molar-refractivity contribution is -0.142. The molecule has 2 saturated heterocycles. The van der Waals surface area contributed by atoms with E-state index >= 15 is 0 Å². The smallest absolute Gasteiger partial charge is 0.223 e. The number of rotatable bonds is 4. The van der Waals surface area contributed by atoms with Crippen molar-refractivity contribution in [1.29, 1.82) is 0 Å². The number of thiophene rings is 1. The molecule has 1 saturated carbocycles. The Morgan fingerprint density at radius 1 is 1.29 bits per heavy atom. The van der Waals surface area contributed by atoms with Crippen LogP contribution in [0.1, 0.15) is 44.1 Å². The zero-order valence-corrected chi connectivity index (χ0v) is 15.1. The molecule has 1 N–H and O–H groups in total. The summed E-state index contributed by atoms with van der Waals surface area (Å²) in [5.74, 6) is 0.778. The monoisotopic (exact) mass is 348 g/mol. The van der Waals surface area contributed by atoms with Crippen molar-refractivity contribution in [3.05, 3.63) is 22.4 Å². The summed E-state index contributed by atoms with van der Waals surface area (Å²) in [7, 11) is 0. The Labute approximate surface area is 148 Å². The van der Waals surface area contributed by atoms with Crippen LogP contribution in [0.3, 0.4) is 0 Å². The fraction of sp³-hybridized carbons (Fsp3) is 0.737. The molecule has 3 heterocycles. The maximum atomic E-state index is 12.8. The van der Waals surface area contributed by atoms with Gasteiger partial charge in [-0.1, -0.05) is 12.8 Å². The van der Waals surface area contributed by atoms with Gasteiger partial charge in [0, 0.05) is 44.1 Å². The molecule has 0 bridgehead atoms. The lowest BCUT2D eigenvalue weighted by atomic mass is 9.78. The van der Waals surface area contributed by atoms with Gasteiger partial charge < -0.3 is 10.1 Å². The SMILES string of the molecule is O=C(NC1CCCC1)[C@@H]1CCO[C@@H]2CCN(Cc3ccsc3)C[C@@H]21. The minimum Gasteiger partial charge on any atom is -0.378 e. The second-order valence-electron chi connectivity index (χ2n) is 7.61. The molecule has 132 valence electrons. The number of nitrogens with zero attached hydrogens (tertiary/aromatic N) is 1. The van der Waals surface area contributed by atoms with E-state index in [-0.39, 0.29) is 17.9 Å². The molecule has 0 spiro atoms. The van der Waals surface area contributed by atoms with Crippen LogP contribution in [-0.4, -0.2) is 42.6 Å². The highest BCUT2D eigenvalue weighted by atomic mass is 32.1. The normalized spacial score (nSPS) is 31.8. The Morgan fingerprint density at radius 3 is 2.96 bits per heavy atom. The molecule has 1 aliphatic carbocycles. The van der Waals surface area contributed by atoms with E-state index < -0.39 is 0 Å². The van der Waals surface area contributed by atoms with Crippen molar-refractivity contribution < 1.29 is 9.53 Å². The minimum absolute atomic E-state index is 0.134. The summed E-state index contributed by atoms with van der Waals surface area (Å²) in [5.41, 5.74) is 1.39. The Kier molecular flexibility index (Phi) is 5.20. The van der Waals surface area contributed by atoms with E-state index in [0.29, 0.717) is 12.0 Å². The van der Waals surface area contributed by atoms with E-state index in [2.05, 4.69) is 27.0 Å². The molecule has 1 amide bonds. The summed E-state index contributed by atoms with van der Waals surface area (Å²) in [6.45, 7) is 3.81. The van der Waals surface area contributed by atoms with Crippen LogP contribution in [0.15, 0.2) is 16.8 Å². The van der Waals surface area contributed by atoms with Gasteiger partial charge in [-0.3, -0.25) is 9.69 Å². The number of likely N-dealkylation sites (tertiary alicyclic amines) is 1. The molecule has 3 fully saturated rings. The van der Waals surface area contributed by atoms with Gasteiger partial charge in [0.15, 0.2) is 0 Å². The van der Waals surface area contributed by atoms with E-state index in [1.54, 1.807) is 11.3 Å². The highest BCUT2D eigenvalue weighted by Crippen LogP contribution is 2.34. The molecule has 4 rings (SSSR count). The number of hydrogen-bond donors (Lipinski definition) is 1. The molecule has 0 radical (unpaired) electrons. The van der Waals surface area contributed by atoms with E-state index in [9.17, 15) is 4.79 Å². The van der Waals surface area contributed by atoms with Gasteiger partial charge in [0.25, 0.3) is 0 Å². The first-order valence-electron chi connectivity index (χ1n) is 9.45. The molecule has 3 aliphatic rings. The van der Waals surface area contributed by atoms with Crippen LogP contribution >= 0.6 is 11.3 Å². The third-order valence-electron chi connectivity index (χ3n) is 5.98. The fourth-order valence-electron chi connectivity index (χ4n) is 4.67. The average molecular weight is 349 g/mol. The van der Waals surface area contributed by atoms with E-state index in [1.807, 2.05) is 0 Å². The minimum atomic E-state index is 0.134. The lowest BCUT2D eigenvalue weighted by Crippen LogP contribution is -2.53. The maximum Gasteiger partial charge on any atom is 0.223 e. The summed E-state index contributed by atoms with van der Waals surface area (Å²) < 4.78 is 6.01. The first-order valence-corrected chi connectivity index (χ1v) is 10.4. The third-order valence-corrected chi connectivity index (χ3v) is 6.71. The van der Waals surface area contributed by atoms with Gasteiger partial charge in [-0.15, -0.1) is 0 Å². The number of carbonyl (C=O) groups excluding carboxylic acids is 1. The number of carbonyl (C=O) groups is 1. The van der Waals surface area contributed by atoms with Crippen molar-refractivity contribution in [3.8, 4) is 0 Å². The summed E-state index contributed by atoms with van der Waals surface area (Å²) in [4.78, 5) is 15.4. The van der Waals surface area contributed by atoms with Crippen LogP contribution in [0.4, 0.5) is 0 Å². The maximum absolute atomic E-state index is 12.8. The van der Waals surface area contributed by atoms with Crippen molar-refractivity contribution in [3.63, 3.8) is 0 Å². The van der Waals surface area contributed by atoms with E-state index in [1.165, 1.54) is 18.4 Å². The number of nitrogens with one attached hydrogen (secondary N) is 1. The molecule has 3 atom stereocenters. The van der Waals surface area contributed by atoms with Crippen LogP contribution < -0.4 is 5.32 Å². The third kappa shape index (κ3) is 3.68. The predicted molar refractivity (Wildman–Crippen MR) is 95.9 cm³/mol. The Hall–Kier alpha value is -0.910. The van der Waals surface area contributed by atoms with Gasteiger partial charge in [0.05, 0.1) is 6.10 Å². The number of hydrogen-bond acceptors (Lipinski definition) is 4. The molecule has 24 heavy (non-hydrogen) atoms. The summed E-state index contributed by atoms with van der Waals surface area (Å²) >= 11 is 1.76. The second-order valence-corrected chi connectivity index (χ2v) is 8.39. The fourth-order valence-corrected chi connectivity index (χ4v) is 5.33. The summed E-state index contributed by atoms with van der Waals surface area (Å²) in [6.07, 6.45) is 7.06. The molecule has 5 heteroatoms. The van der Waals surface area contributed by atoms with Crippen LogP contribution in [0.5, 0.6) is 0 Å². The first kappa shape index (κ1) is 16.6. The van der Waals surface area contributed by atoms with Gasteiger partial charge in [-0.2, -0.15) is 11.3 Å². The van der Waals surface area contributed by atoms with Gasteiger partial charge >= 0.3 is 0 Å². The highest BCUT2D eigenvalue weighted by Gasteiger charge is 2.42. The topological polar surface area (TPSA) is 41.6 Å². The number of piperidine rings is 1. The lowest BCUT2D eigenvalue weighted by Gasteiger charge is -2.44. The molecular weight excluding hydrogens is 320 g/mol. The average Bonchev–Trinajstić information content (AvgIpc) is 3.28. The zero-order valence-electron chi connectivity index (χ0n) is 14.3. The first-order chi connectivity index (χ1) is 11.8. The van der Waals surface area contributed by atoms with Crippen LogP contribution in [0, 0.1) is 11.8 Å². The number of ether oxygens (including phenoxy) is 1. The standard InChI is InChI=1S/C19H28N2O2S/c22-19(20-15-3-1-2-4-15)16-6-9-23-18-5-8-21(12-17(16)18)11-14-7-10-24-13-14/h7,10,13,15-18H,1-6,8-9,11-12H2,(H,20,22)/t16-,17-,18-/m1/s1. The quantitative estimate of drug-likeness (QED) is 0.909. The van der Waals surface area contributed by atoms with Gasteiger partial charge in [0.2, 0.25) is 5.91 Å². The summed E-state index contributed by atoms with van der Waals surface area (Å²) in [6, 6.07) is 2.63. The Morgan fingerprint density at radius 2 is 2.17 bits per heavy atom. The molecule has 0 aromatic carbocycles. The van der Waals surface area contributed by atoms with Gasteiger partial charge in [0.1, 0.15) is 0 Å². The van der Waals surface area contributed by atoms with E-state index in [4.69, 9.17) is 4.74 Å². The predicted octanol–water partition coefficient (Wildman–Crippen LogP) is 3.03. The molecular formula is C19H28N2O2S. The van der Waals surface area contributed by atoms with Crippen molar-refractivity contribution in [2.75, 3.05) is 19.7 Å². The number of fused-ring (bicyclic) bond motifs is 1. The molecule has 1 aromatic heterocycles. The van der Waals surface area contributed by atoms with Crippen molar-refractivity contribution in [1.82, 2.24) is 10.2 Å². The van der Waals surface area contributed by atoms with Crippen LogP contribution in [-0.2, 0) is 16.1 Å². The highest BCUT2D eigenvalue weighted by molar-refractivity contribution is 7.07. The Bertz CT molecular complexity index is 542. The van der Waals surface area contributed by atoms with Crippen LogP contribution in [0.25, 0.3) is 0 Å². The van der Waals surface area contributed by atoms with Crippen molar-refractivity contribution in [2.45, 2.75) is 57.2 Å². The van der Waals surface area contributed by atoms with Gasteiger partial charge in [-0.05, 0) is 48.1 Å². The van der Waals surface area contributed by atoms with Crippen molar-refractivity contribution >= 4 is 17.2 Å². The molecule has 0 unspecified atom stereocenters. The second kappa shape index (κ2) is 7.54. The molecule has 1 aromatic rings. The van der Waals surface area contributed by atoms with Gasteiger partial charge in [-0.25, -0.2) is 0 Å². The molecule has 2 aliphatic heterocycles. The van der Waals surface area contributed by atoms with Crippen LogP contribution in [0.2, 0.25) is 0 Å². The van der Waals surface area contributed by atoms with E-state index in [0.717, 1.165) is 51.9 Å². The number of amides is 1. The van der Waals surface area contributed by atoms with Crippen molar-refractivity contribution in [2.24, 2.45) is 11.8 Å².